The van der Waals surface area contributed by atoms with E-state index in [2.05, 4.69) is 49.5 Å². The standard InChI is InChI=1S/C18H28O3/c1-3-4-5-6-7-8-9-10-11-12-13-14-15-16-21-17(2)18(19)20/h4-5,7-8,10-11,13-14,17H,3,6,9,12,15-16H2,1-2H3,(H,19,20)/b5-4-,8-7-,11-10-,14-13-. The van der Waals surface area contributed by atoms with E-state index in [1.54, 1.807) is 6.92 Å². The van der Waals surface area contributed by atoms with Crippen molar-refractivity contribution in [3.05, 3.63) is 48.6 Å². The SMILES string of the molecule is CC/C=C\C/C=C\C/C=C\C/C=C\CCOC(C)C(=O)O. The molecule has 0 aliphatic rings. The number of rotatable bonds is 12. The Kier molecular flexibility index (Phi) is 13.7. The quantitative estimate of drug-likeness (QED) is 0.420. The lowest BCUT2D eigenvalue weighted by molar-refractivity contribution is -0.149. The first-order valence-corrected chi connectivity index (χ1v) is 7.62. The van der Waals surface area contributed by atoms with Crippen LogP contribution in [0.5, 0.6) is 0 Å². The lowest BCUT2D eigenvalue weighted by Crippen LogP contribution is -2.20. The summed E-state index contributed by atoms with van der Waals surface area (Å²) in [6, 6.07) is 0. The Balaban J connectivity index is 3.48. The highest BCUT2D eigenvalue weighted by Gasteiger charge is 2.09. The summed E-state index contributed by atoms with van der Waals surface area (Å²) in [7, 11) is 0. The van der Waals surface area contributed by atoms with Crippen LogP contribution in [0.3, 0.4) is 0 Å². The third kappa shape index (κ3) is 14.6. The van der Waals surface area contributed by atoms with Crippen LogP contribution in [-0.2, 0) is 9.53 Å². The molecule has 0 bridgehead atoms. The molecule has 0 aromatic rings. The predicted molar refractivity (Wildman–Crippen MR) is 88.4 cm³/mol. The molecule has 21 heavy (non-hydrogen) atoms. The number of aliphatic carboxylic acids is 1. The highest BCUT2D eigenvalue weighted by molar-refractivity contribution is 5.71. The highest BCUT2D eigenvalue weighted by Crippen LogP contribution is 1.96. The molecule has 0 aliphatic heterocycles. The van der Waals surface area contributed by atoms with Gasteiger partial charge >= 0.3 is 5.97 Å². The van der Waals surface area contributed by atoms with E-state index >= 15 is 0 Å². The Labute approximate surface area is 128 Å². The molecular formula is C18H28O3. The first-order valence-electron chi connectivity index (χ1n) is 7.62. The third-order valence-corrected chi connectivity index (χ3v) is 2.72. The van der Waals surface area contributed by atoms with Gasteiger partial charge in [-0.3, -0.25) is 0 Å². The predicted octanol–water partition coefficient (Wildman–Crippen LogP) is 4.67. The van der Waals surface area contributed by atoms with Gasteiger partial charge in [0.1, 0.15) is 0 Å². The molecule has 0 amide bonds. The second kappa shape index (κ2) is 14.8. The molecule has 0 aliphatic carbocycles. The number of hydrogen-bond acceptors (Lipinski definition) is 2. The Hall–Kier alpha value is -1.61. The maximum Gasteiger partial charge on any atom is 0.332 e. The van der Waals surface area contributed by atoms with E-state index < -0.39 is 12.1 Å². The van der Waals surface area contributed by atoms with Gasteiger partial charge in [-0.15, -0.1) is 0 Å². The van der Waals surface area contributed by atoms with Crippen LogP contribution in [-0.4, -0.2) is 23.8 Å². The molecule has 118 valence electrons. The molecule has 1 unspecified atom stereocenters. The van der Waals surface area contributed by atoms with Crippen molar-refractivity contribution in [3.63, 3.8) is 0 Å². The summed E-state index contributed by atoms with van der Waals surface area (Å²) in [6.07, 6.45) is 21.0. The summed E-state index contributed by atoms with van der Waals surface area (Å²) < 4.78 is 5.12. The maximum absolute atomic E-state index is 10.5. The van der Waals surface area contributed by atoms with E-state index in [9.17, 15) is 4.79 Å². The molecule has 1 atom stereocenters. The minimum Gasteiger partial charge on any atom is -0.479 e. The minimum atomic E-state index is -0.917. The van der Waals surface area contributed by atoms with Crippen molar-refractivity contribution in [2.24, 2.45) is 0 Å². The summed E-state index contributed by atoms with van der Waals surface area (Å²) in [6.45, 7) is 4.12. The molecule has 0 fully saturated rings. The van der Waals surface area contributed by atoms with Crippen LogP contribution in [0.25, 0.3) is 0 Å². The molecule has 0 rings (SSSR count). The van der Waals surface area contributed by atoms with Crippen molar-refractivity contribution in [2.45, 2.75) is 52.1 Å². The summed E-state index contributed by atoms with van der Waals surface area (Å²) in [5.41, 5.74) is 0. The summed E-state index contributed by atoms with van der Waals surface area (Å²) in [5.74, 6) is -0.917. The van der Waals surface area contributed by atoms with E-state index in [1.165, 1.54) is 0 Å². The van der Waals surface area contributed by atoms with Crippen molar-refractivity contribution in [1.29, 1.82) is 0 Å². The van der Waals surface area contributed by atoms with Gasteiger partial charge < -0.3 is 9.84 Å². The van der Waals surface area contributed by atoms with Gasteiger partial charge in [-0.1, -0.05) is 55.5 Å². The van der Waals surface area contributed by atoms with E-state index in [0.717, 1.165) is 32.1 Å². The lowest BCUT2D eigenvalue weighted by Gasteiger charge is -2.05. The molecule has 0 spiro atoms. The fraction of sp³-hybridized carbons (Fsp3) is 0.500. The van der Waals surface area contributed by atoms with Gasteiger partial charge in [0.05, 0.1) is 6.61 Å². The van der Waals surface area contributed by atoms with E-state index in [1.807, 2.05) is 6.08 Å². The first-order chi connectivity index (χ1) is 10.2. The van der Waals surface area contributed by atoms with Crippen LogP contribution in [0.1, 0.15) is 46.0 Å². The number of carboxylic acid groups (broad SMARTS) is 1. The molecule has 0 radical (unpaired) electrons. The molecule has 3 heteroatoms. The normalized spacial score (nSPS) is 14.0. The zero-order valence-electron chi connectivity index (χ0n) is 13.2. The van der Waals surface area contributed by atoms with Crippen molar-refractivity contribution in [3.8, 4) is 0 Å². The summed E-state index contributed by atoms with van der Waals surface area (Å²) in [5, 5.41) is 8.62. The molecule has 0 aromatic carbocycles. The number of allylic oxidation sites excluding steroid dienone is 7. The molecule has 0 aromatic heterocycles. The topological polar surface area (TPSA) is 46.5 Å². The lowest BCUT2D eigenvalue weighted by atomic mass is 10.2. The van der Waals surface area contributed by atoms with E-state index in [0.29, 0.717) is 6.61 Å². The molecule has 0 saturated carbocycles. The van der Waals surface area contributed by atoms with Gasteiger partial charge in [-0.2, -0.15) is 0 Å². The molecule has 3 nitrogen and oxygen atoms in total. The van der Waals surface area contributed by atoms with Gasteiger partial charge in [0.2, 0.25) is 0 Å². The maximum atomic E-state index is 10.5. The number of hydrogen-bond donors (Lipinski definition) is 1. The van der Waals surface area contributed by atoms with Crippen molar-refractivity contribution < 1.29 is 14.6 Å². The fourth-order valence-electron chi connectivity index (χ4n) is 1.48. The highest BCUT2D eigenvalue weighted by atomic mass is 16.5. The average molecular weight is 292 g/mol. The van der Waals surface area contributed by atoms with Gasteiger partial charge in [0, 0.05) is 0 Å². The van der Waals surface area contributed by atoms with Crippen molar-refractivity contribution in [1.82, 2.24) is 0 Å². The summed E-state index contributed by atoms with van der Waals surface area (Å²) >= 11 is 0. The second-order valence-corrected chi connectivity index (χ2v) is 4.64. The number of ether oxygens (including phenoxy) is 1. The Bertz CT molecular complexity index is 365. The Morgan fingerprint density at radius 2 is 1.43 bits per heavy atom. The van der Waals surface area contributed by atoms with Crippen molar-refractivity contribution in [2.75, 3.05) is 6.61 Å². The largest absolute Gasteiger partial charge is 0.479 e. The van der Waals surface area contributed by atoms with Crippen LogP contribution in [0.4, 0.5) is 0 Å². The molecular weight excluding hydrogens is 264 g/mol. The van der Waals surface area contributed by atoms with Crippen molar-refractivity contribution >= 4 is 5.97 Å². The van der Waals surface area contributed by atoms with Crippen LogP contribution >= 0.6 is 0 Å². The molecule has 0 heterocycles. The second-order valence-electron chi connectivity index (χ2n) is 4.64. The van der Waals surface area contributed by atoms with Gasteiger partial charge in [0.15, 0.2) is 6.10 Å². The Morgan fingerprint density at radius 3 is 1.90 bits per heavy atom. The zero-order chi connectivity index (χ0) is 15.8. The van der Waals surface area contributed by atoms with Gasteiger partial charge in [-0.25, -0.2) is 4.79 Å². The summed E-state index contributed by atoms with van der Waals surface area (Å²) in [4.78, 5) is 10.5. The van der Waals surface area contributed by atoms with Crippen LogP contribution < -0.4 is 0 Å². The number of carbonyl (C=O) groups is 1. The smallest absolute Gasteiger partial charge is 0.332 e. The average Bonchev–Trinajstić information content (AvgIpc) is 2.47. The van der Waals surface area contributed by atoms with Crippen LogP contribution in [0, 0.1) is 0 Å². The minimum absolute atomic E-state index is 0.446. The Morgan fingerprint density at radius 1 is 0.952 bits per heavy atom. The molecule has 0 saturated heterocycles. The molecule has 1 N–H and O–H groups in total. The fourth-order valence-corrected chi connectivity index (χ4v) is 1.48. The third-order valence-electron chi connectivity index (χ3n) is 2.72. The number of carboxylic acids is 1. The van der Waals surface area contributed by atoms with Gasteiger partial charge in [0.25, 0.3) is 0 Å². The van der Waals surface area contributed by atoms with Gasteiger partial charge in [-0.05, 0) is 39.0 Å². The van der Waals surface area contributed by atoms with E-state index in [-0.39, 0.29) is 0 Å². The monoisotopic (exact) mass is 292 g/mol. The zero-order valence-corrected chi connectivity index (χ0v) is 13.2. The first kappa shape index (κ1) is 19.4. The van der Waals surface area contributed by atoms with Crippen LogP contribution in [0.15, 0.2) is 48.6 Å². The van der Waals surface area contributed by atoms with E-state index in [4.69, 9.17) is 9.84 Å². The van der Waals surface area contributed by atoms with Crippen LogP contribution in [0.2, 0.25) is 0 Å².